The van der Waals surface area contributed by atoms with E-state index in [2.05, 4.69) is 17.2 Å². The molecule has 1 atom stereocenters. The molecule has 86 valence electrons. The molecule has 1 heterocycles. The number of nitrogens with zero attached hydrogens (tertiary/aromatic N) is 1. The standard InChI is InChI=1S/C11H20N2OS/c1-3-5-6-7-8-9-10(14)13-11(15-9)12-4-2/h9H,3-8H2,1-2H3,(H,12,13,14). The maximum atomic E-state index is 11.5. The molecule has 1 rings (SSSR count). The van der Waals surface area contributed by atoms with Crippen LogP contribution in [0.1, 0.15) is 46.0 Å². The lowest BCUT2D eigenvalue weighted by Crippen LogP contribution is -2.24. The fraction of sp³-hybridized carbons (Fsp3) is 0.818. The molecule has 1 fully saturated rings. The molecule has 1 unspecified atom stereocenters. The molecule has 0 bridgehead atoms. The van der Waals surface area contributed by atoms with E-state index in [1.54, 1.807) is 11.8 Å². The molecule has 0 saturated carbocycles. The van der Waals surface area contributed by atoms with Gasteiger partial charge < -0.3 is 5.32 Å². The molecule has 1 saturated heterocycles. The van der Waals surface area contributed by atoms with Gasteiger partial charge in [-0.3, -0.25) is 9.79 Å². The van der Waals surface area contributed by atoms with Crippen molar-refractivity contribution in [3.8, 4) is 0 Å². The zero-order valence-electron chi connectivity index (χ0n) is 9.58. The second kappa shape index (κ2) is 6.88. The molecule has 0 aromatic rings. The summed E-state index contributed by atoms with van der Waals surface area (Å²) < 4.78 is 0. The fourth-order valence-corrected chi connectivity index (χ4v) is 2.65. The summed E-state index contributed by atoms with van der Waals surface area (Å²) >= 11 is 1.59. The first-order valence-electron chi connectivity index (χ1n) is 5.79. The number of carbonyl (C=O) groups is 1. The number of aliphatic imine (C=N–C) groups is 1. The monoisotopic (exact) mass is 228 g/mol. The van der Waals surface area contributed by atoms with E-state index in [1.165, 1.54) is 19.3 Å². The first-order chi connectivity index (χ1) is 7.27. The van der Waals surface area contributed by atoms with Gasteiger partial charge in [-0.25, -0.2) is 0 Å². The zero-order chi connectivity index (χ0) is 11.1. The maximum Gasteiger partial charge on any atom is 0.239 e. The molecule has 1 N–H and O–H groups in total. The normalized spacial score (nSPS) is 23.5. The van der Waals surface area contributed by atoms with Crippen molar-refractivity contribution < 1.29 is 4.79 Å². The van der Waals surface area contributed by atoms with Gasteiger partial charge in [0.05, 0.1) is 5.25 Å². The Kier molecular flexibility index (Phi) is 5.76. The van der Waals surface area contributed by atoms with Crippen LogP contribution in [0.2, 0.25) is 0 Å². The van der Waals surface area contributed by atoms with Crippen molar-refractivity contribution in [3.63, 3.8) is 0 Å². The molecule has 0 aliphatic carbocycles. The lowest BCUT2D eigenvalue weighted by molar-refractivity contribution is -0.118. The maximum absolute atomic E-state index is 11.5. The van der Waals surface area contributed by atoms with Crippen LogP contribution in [0.5, 0.6) is 0 Å². The molecule has 0 spiro atoms. The Bertz CT molecular complexity index is 241. The van der Waals surface area contributed by atoms with Crippen molar-refractivity contribution in [1.82, 2.24) is 5.32 Å². The number of unbranched alkanes of at least 4 members (excludes halogenated alkanes) is 3. The Balaban J connectivity index is 2.25. The molecule has 15 heavy (non-hydrogen) atoms. The van der Waals surface area contributed by atoms with Crippen molar-refractivity contribution in [3.05, 3.63) is 0 Å². The van der Waals surface area contributed by atoms with Crippen LogP contribution >= 0.6 is 11.8 Å². The highest BCUT2D eigenvalue weighted by atomic mass is 32.2. The van der Waals surface area contributed by atoms with Crippen LogP contribution in [0, 0.1) is 0 Å². The highest BCUT2D eigenvalue weighted by Gasteiger charge is 2.28. The van der Waals surface area contributed by atoms with Crippen LogP contribution in [0.3, 0.4) is 0 Å². The number of thioether (sulfide) groups is 1. The minimum absolute atomic E-state index is 0.104. The third-order valence-electron chi connectivity index (χ3n) is 2.40. The zero-order valence-corrected chi connectivity index (χ0v) is 10.4. The molecule has 1 aliphatic rings. The first-order valence-corrected chi connectivity index (χ1v) is 6.67. The number of amides is 1. The Morgan fingerprint density at radius 3 is 2.80 bits per heavy atom. The molecular weight excluding hydrogens is 208 g/mol. The number of rotatable bonds is 6. The topological polar surface area (TPSA) is 41.5 Å². The molecule has 0 radical (unpaired) electrons. The summed E-state index contributed by atoms with van der Waals surface area (Å²) in [6, 6.07) is 0. The summed E-state index contributed by atoms with van der Waals surface area (Å²) in [6.45, 7) is 4.92. The number of amidine groups is 1. The predicted molar refractivity (Wildman–Crippen MR) is 66.3 cm³/mol. The van der Waals surface area contributed by atoms with Gasteiger partial charge in [0.25, 0.3) is 0 Å². The third kappa shape index (κ3) is 4.24. The van der Waals surface area contributed by atoms with Crippen molar-refractivity contribution in [2.45, 2.75) is 51.2 Å². The molecule has 3 nitrogen and oxygen atoms in total. The van der Waals surface area contributed by atoms with Crippen molar-refractivity contribution in [2.75, 3.05) is 6.54 Å². The number of hydrogen-bond donors (Lipinski definition) is 1. The summed E-state index contributed by atoms with van der Waals surface area (Å²) in [5, 5.41) is 3.73. The lowest BCUT2D eigenvalue weighted by Gasteiger charge is -2.03. The van der Waals surface area contributed by atoms with Crippen molar-refractivity contribution >= 4 is 22.8 Å². The highest BCUT2D eigenvalue weighted by Crippen LogP contribution is 2.24. The van der Waals surface area contributed by atoms with E-state index in [-0.39, 0.29) is 11.2 Å². The van der Waals surface area contributed by atoms with Crippen LogP contribution < -0.4 is 5.32 Å². The quantitative estimate of drug-likeness (QED) is 0.710. The molecule has 4 heteroatoms. The lowest BCUT2D eigenvalue weighted by atomic mass is 10.1. The van der Waals surface area contributed by atoms with Gasteiger partial charge in [-0.15, -0.1) is 0 Å². The second-order valence-corrected chi connectivity index (χ2v) is 4.92. The van der Waals surface area contributed by atoms with Crippen LogP contribution in [0.25, 0.3) is 0 Å². The van der Waals surface area contributed by atoms with Gasteiger partial charge in [0.2, 0.25) is 5.91 Å². The van der Waals surface area contributed by atoms with E-state index in [0.29, 0.717) is 0 Å². The summed E-state index contributed by atoms with van der Waals surface area (Å²) in [6.07, 6.45) is 5.89. The summed E-state index contributed by atoms with van der Waals surface area (Å²) in [5.41, 5.74) is 0. The van der Waals surface area contributed by atoms with Crippen LogP contribution in [0.4, 0.5) is 0 Å². The molecule has 0 aromatic heterocycles. The molecule has 1 amide bonds. The van der Waals surface area contributed by atoms with Gasteiger partial charge in [0, 0.05) is 6.54 Å². The van der Waals surface area contributed by atoms with Crippen LogP contribution in [-0.2, 0) is 4.79 Å². The number of nitrogens with one attached hydrogen (secondary N) is 1. The molecular formula is C11H20N2OS. The smallest absolute Gasteiger partial charge is 0.239 e. The Morgan fingerprint density at radius 2 is 2.13 bits per heavy atom. The summed E-state index contributed by atoms with van der Waals surface area (Å²) in [4.78, 5) is 15.7. The average molecular weight is 228 g/mol. The van der Waals surface area contributed by atoms with Crippen LogP contribution in [0.15, 0.2) is 4.99 Å². The number of hydrogen-bond acceptors (Lipinski definition) is 3. The van der Waals surface area contributed by atoms with E-state index in [4.69, 9.17) is 0 Å². The van der Waals surface area contributed by atoms with E-state index in [1.807, 2.05) is 6.92 Å². The van der Waals surface area contributed by atoms with Gasteiger partial charge in [-0.1, -0.05) is 44.4 Å². The van der Waals surface area contributed by atoms with E-state index < -0.39 is 0 Å². The van der Waals surface area contributed by atoms with Gasteiger partial charge in [0.1, 0.15) is 0 Å². The SMILES string of the molecule is CCCCCCC1SC(=NCC)NC1=O. The van der Waals surface area contributed by atoms with E-state index >= 15 is 0 Å². The van der Waals surface area contributed by atoms with Gasteiger partial charge >= 0.3 is 0 Å². The van der Waals surface area contributed by atoms with Gasteiger partial charge in [0.15, 0.2) is 5.17 Å². The predicted octanol–water partition coefficient (Wildman–Crippen LogP) is 2.56. The van der Waals surface area contributed by atoms with E-state index in [0.717, 1.165) is 24.6 Å². The Hall–Kier alpha value is -0.510. The highest BCUT2D eigenvalue weighted by molar-refractivity contribution is 8.15. The van der Waals surface area contributed by atoms with E-state index in [9.17, 15) is 4.79 Å². The summed E-state index contributed by atoms with van der Waals surface area (Å²) in [5.74, 6) is 0.142. The Labute approximate surface area is 96.1 Å². The van der Waals surface area contributed by atoms with Crippen molar-refractivity contribution in [1.29, 1.82) is 0 Å². The Morgan fingerprint density at radius 1 is 1.33 bits per heavy atom. The average Bonchev–Trinajstić information content (AvgIpc) is 2.55. The first kappa shape index (κ1) is 12.6. The number of carbonyl (C=O) groups excluding carboxylic acids is 1. The fourth-order valence-electron chi connectivity index (χ4n) is 1.57. The minimum atomic E-state index is 0.104. The second-order valence-electron chi connectivity index (χ2n) is 3.72. The van der Waals surface area contributed by atoms with Gasteiger partial charge in [-0.05, 0) is 13.3 Å². The third-order valence-corrected chi connectivity index (χ3v) is 3.59. The minimum Gasteiger partial charge on any atom is -0.304 e. The van der Waals surface area contributed by atoms with Crippen molar-refractivity contribution in [2.24, 2.45) is 4.99 Å². The van der Waals surface area contributed by atoms with Crippen LogP contribution in [-0.4, -0.2) is 22.9 Å². The summed E-state index contributed by atoms with van der Waals surface area (Å²) in [7, 11) is 0. The largest absolute Gasteiger partial charge is 0.304 e. The molecule has 0 aromatic carbocycles. The van der Waals surface area contributed by atoms with Gasteiger partial charge in [-0.2, -0.15) is 0 Å². The molecule has 1 aliphatic heterocycles.